The molecule has 0 aromatic carbocycles. The lowest BCUT2D eigenvalue weighted by Crippen LogP contribution is -2.30. The molecule has 0 spiro atoms. The van der Waals surface area contributed by atoms with Crippen molar-refractivity contribution >= 4 is 0 Å². The van der Waals surface area contributed by atoms with E-state index >= 15 is 0 Å². The smallest absolute Gasteiger partial charge is 0.0619 e. The highest BCUT2D eigenvalue weighted by atomic mass is 16.5. The van der Waals surface area contributed by atoms with Gasteiger partial charge in [-0.3, -0.25) is 4.98 Å². The minimum atomic E-state index is 0.356. The second-order valence-electron chi connectivity index (χ2n) is 4.83. The molecule has 0 amide bonds. The van der Waals surface area contributed by atoms with E-state index in [4.69, 9.17) is 4.74 Å². The van der Waals surface area contributed by atoms with Gasteiger partial charge in [-0.15, -0.1) is 0 Å². The highest BCUT2D eigenvalue weighted by molar-refractivity contribution is 5.21. The van der Waals surface area contributed by atoms with Gasteiger partial charge in [-0.2, -0.15) is 0 Å². The van der Waals surface area contributed by atoms with Gasteiger partial charge in [0, 0.05) is 31.0 Å². The second kappa shape index (κ2) is 5.61. The van der Waals surface area contributed by atoms with Crippen molar-refractivity contribution in [2.45, 2.75) is 38.8 Å². The Morgan fingerprint density at radius 2 is 2.35 bits per heavy atom. The fourth-order valence-corrected chi connectivity index (χ4v) is 2.84. The number of ether oxygens (including phenoxy) is 1. The second-order valence-corrected chi connectivity index (χ2v) is 4.83. The molecule has 0 bridgehead atoms. The van der Waals surface area contributed by atoms with Crippen LogP contribution in [0.4, 0.5) is 0 Å². The zero-order chi connectivity index (χ0) is 12.3. The van der Waals surface area contributed by atoms with Crippen LogP contribution in [0.5, 0.6) is 0 Å². The first-order valence-corrected chi connectivity index (χ1v) is 6.46. The highest BCUT2D eigenvalue weighted by Gasteiger charge is 2.33. The lowest BCUT2D eigenvalue weighted by atomic mass is 9.87. The van der Waals surface area contributed by atoms with Crippen molar-refractivity contribution < 1.29 is 4.74 Å². The van der Waals surface area contributed by atoms with E-state index < -0.39 is 0 Å². The zero-order valence-electron chi connectivity index (χ0n) is 10.9. The first kappa shape index (κ1) is 12.5. The molecule has 2 heterocycles. The molecule has 17 heavy (non-hydrogen) atoms. The van der Waals surface area contributed by atoms with Crippen LogP contribution in [0.15, 0.2) is 18.5 Å². The number of hydrogen-bond acceptors (Lipinski definition) is 3. The summed E-state index contributed by atoms with van der Waals surface area (Å²) in [5.74, 6) is 0.564. The van der Waals surface area contributed by atoms with E-state index in [9.17, 15) is 0 Å². The van der Waals surface area contributed by atoms with Crippen molar-refractivity contribution in [2.24, 2.45) is 5.92 Å². The van der Waals surface area contributed by atoms with E-state index in [1.165, 1.54) is 11.1 Å². The summed E-state index contributed by atoms with van der Waals surface area (Å²) in [6.45, 7) is 5.18. The average Bonchev–Trinajstić information content (AvgIpc) is 2.78. The predicted octanol–water partition coefficient (Wildman–Crippen LogP) is 2.47. The molecule has 94 valence electrons. The van der Waals surface area contributed by atoms with E-state index in [0.29, 0.717) is 18.1 Å². The summed E-state index contributed by atoms with van der Waals surface area (Å²) in [5.41, 5.74) is 2.50. The summed E-state index contributed by atoms with van der Waals surface area (Å²) in [7, 11) is 2.03. The molecule has 3 unspecified atom stereocenters. The topological polar surface area (TPSA) is 34.1 Å². The van der Waals surface area contributed by atoms with Crippen molar-refractivity contribution in [1.82, 2.24) is 10.3 Å². The van der Waals surface area contributed by atoms with Crippen LogP contribution in [0.2, 0.25) is 0 Å². The van der Waals surface area contributed by atoms with E-state index in [0.717, 1.165) is 19.4 Å². The molecule has 3 nitrogen and oxygen atoms in total. The molecule has 2 rings (SSSR count). The minimum Gasteiger partial charge on any atom is -0.378 e. The first-order chi connectivity index (χ1) is 8.26. The number of hydrogen-bond donors (Lipinski definition) is 1. The Labute approximate surface area is 104 Å². The normalized spacial score (nSPS) is 26.1. The molecule has 0 aliphatic carbocycles. The number of nitrogens with zero attached hydrogens (tertiary/aromatic N) is 1. The van der Waals surface area contributed by atoms with Gasteiger partial charge in [0.15, 0.2) is 0 Å². The zero-order valence-corrected chi connectivity index (χ0v) is 10.9. The first-order valence-electron chi connectivity index (χ1n) is 6.46. The molecule has 1 fully saturated rings. The standard InChI is InChI=1S/C14H22N2O/c1-4-13-12(5-6-17-13)14(15-3)11-7-10(2)8-16-9-11/h7-9,12-15H,4-6H2,1-3H3. The molecule has 1 aromatic heterocycles. The van der Waals surface area contributed by atoms with Crippen molar-refractivity contribution in [2.75, 3.05) is 13.7 Å². The number of nitrogens with one attached hydrogen (secondary N) is 1. The Morgan fingerprint density at radius 3 is 3.00 bits per heavy atom. The van der Waals surface area contributed by atoms with Gasteiger partial charge in [-0.25, -0.2) is 0 Å². The molecule has 0 radical (unpaired) electrons. The maximum absolute atomic E-state index is 5.79. The lowest BCUT2D eigenvalue weighted by molar-refractivity contribution is 0.0782. The summed E-state index contributed by atoms with van der Waals surface area (Å²) in [6, 6.07) is 2.58. The van der Waals surface area contributed by atoms with Gasteiger partial charge in [-0.05, 0) is 37.9 Å². The van der Waals surface area contributed by atoms with Crippen molar-refractivity contribution in [3.05, 3.63) is 29.6 Å². The fraction of sp³-hybridized carbons (Fsp3) is 0.643. The molecule has 1 aromatic rings. The van der Waals surface area contributed by atoms with Gasteiger partial charge < -0.3 is 10.1 Å². The number of aryl methyl sites for hydroxylation is 1. The molecule has 1 saturated heterocycles. The number of pyridine rings is 1. The van der Waals surface area contributed by atoms with Crippen molar-refractivity contribution in [3.8, 4) is 0 Å². The molecule has 1 aliphatic rings. The van der Waals surface area contributed by atoms with Crippen LogP contribution in [-0.4, -0.2) is 24.7 Å². The fourth-order valence-electron chi connectivity index (χ4n) is 2.84. The van der Waals surface area contributed by atoms with Gasteiger partial charge in [0.2, 0.25) is 0 Å². The van der Waals surface area contributed by atoms with Crippen LogP contribution in [0.3, 0.4) is 0 Å². The Bertz CT molecular complexity index is 367. The Hall–Kier alpha value is -0.930. The molecule has 3 heteroatoms. The van der Waals surface area contributed by atoms with Crippen molar-refractivity contribution in [3.63, 3.8) is 0 Å². The summed E-state index contributed by atoms with van der Waals surface area (Å²) in [5, 5.41) is 3.43. The SMILES string of the molecule is CCC1OCCC1C(NC)c1cncc(C)c1. The minimum absolute atomic E-state index is 0.356. The summed E-state index contributed by atoms with van der Waals surface area (Å²) >= 11 is 0. The number of rotatable bonds is 4. The van der Waals surface area contributed by atoms with Gasteiger partial charge in [0.25, 0.3) is 0 Å². The summed E-state index contributed by atoms with van der Waals surface area (Å²) in [4.78, 5) is 4.29. The van der Waals surface area contributed by atoms with E-state index in [2.05, 4.69) is 30.2 Å². The third-order valence-electron chi connectivity index (χ3n) is 3.66. The Balaban J connectivity index is 2.21. The van der Waals surface area contributed by atoms with Crippen LogP contribution >= 0.6 is 0 Å². The molecule has 3 atom stereocenters. The van der Waals surface area contributed by atoms with E-state index in [1.54, 1.807) is 0 Å². The van der Waals surface area contributed by atoms with Gasteiger partial charge in [0.1, 0.15) is 0 Å². The number of aromatic nitrogens is 1. The Kier molecular flexibility index (Phi) is 4.13. The van der Waals surface area contributed by atoms with E-state index in [-0.39, 0.29) is 0 Å². The van der Waals surface area contributed by atoms with Crippen LogP contribution in [0.25, 0.3) is 0 Å². The summed E-state index contributed by atoms with van der Waals surface area (Å²) < 4.78 is 5.79. The van der Waals surface area contributed by atoms with E-state index in [1.807, 2.05) is 19.4 Å². The third-order valence-corrected chi connectivity index (χ3v) is 3.66. The maximum Gasteiger partial charge on any atom is 0.0619 e. The van der Waals surface area contributed by atoms with Crippen LogP contribution in [0, 0.1) is 12.8 Å². The molecule has 1 N–H and O–H groups in total. The highest BCUT2D eigenvalue weighted by Crippen LogP contribution is 2.34. The Morgan fingerprint density at radius 1 is 1.53 bits per heavy atom. The lowest BCUT2D eigenvalue weighted by Gasteiger charge is -2.27. The summed E-state index contributed by atoms with van der Waals surface area (Å²) in [6.07, 6.45) is 6.48. The van der Waals surface area contributed by atoms with Gasteiger partial charge >= 0.3 is 0 Å². The van der Waals surface area contributed by atoms with Crippen LogP contribution in [-0.2, 0) is 4.74 Å². The molecular formula is C14H22N2O. The van der Waals surface area contributed by atoms with Crippen molar-refractivity contribution in [1.29, 1.82) is 0 Å². The maximum atomic E-state index is 5.79. The molecule has 1 aliphatic heterocycles. The third kappa shape index (κ3) is 2.67. The van der Waals surface area contributed by atoms with Crippen LogP contribution < -0.4 is 5.32 Å². The van der Waals surface area contributed by atoms with Gasteiger partial charge in [-0.1, -0.05) is 13.0 Å². The monoisotopic (exact) mass is 234 g/mol. The quantitative estimate of drug-likeness (QED) is 0.869. The van der Waals surface area contributed by atoms with Gasteiger partial charge in [0.05, 0.1) is 6.10 Å². The predicted molar refractivity (Wildman–Crippen MR) is 68.9 cm³/mol. The average molecular weight is 234 g/mol. The largest absolute Gasteiger partial charge is 0.378 e. The molecule has 0 saturated carbocycles. The van der Waals surface area contributed by atoms with Crippen LogP contribution in [0.1, 0.15) is 36.9 Å². The molecular weight excluding hydrogens is 212 g/mol.